The zero-order valence-electron chi connectivity index (χ0n) is 25.1. The molecule has 0 radical (unpaired) electrons. The largest absolute Gasteiger partial charge is 0.255 e. The number of nitrogens with zero attached hydrogens (tertiary/aromatic N) is 3. The molecular weight excluding hydrogens is 614 g/mol. The minimum Gasteiger partial charge on any atom is -0.255 e. The molecule has 0 unspecified atom stereocenters. The van der Waals surface area contributed by atoms with E-state index in [2.05, 4.69) is 121 Å². The van der Waals surface area contributed by atoms with E-state index >= 15 is 0 Å². The van der Waals surface area contributed by atoms with Gasteiger partial charge in [-0.15, -0.1) is 0 Å². The maximum atomic E-state index is 4.95. The van der Waals surface area contributed by atoms with Gasteiger partial charge in [0.05, 0.1) is 17.1 Å². The van der Waals surface area contributed by atoms with Gasteiger partial charge in [-0.05, 0) is 60.4 Å². The first-order valence-electron chi connectivity index (χ1n) is 15.0. The van der Waals surface area contributed by atoms with Gasteiger partial charge in [-0.25, -0.2) is 9.97 Å². The van der Waals surface area contributed by atoms with Crippen LogP contribution in [0.2, 0.25) is 0 Å². The smallest absolute Gasteiger partial charge is 0.161 e. The number of benzene rings is 5. The summed E-state index contributed by atoms with van der Waals surface area (Å²) in [6, 6.07) is 48.3. The number of aryl methyl sites for hydroxylation is 2. The van der Waals surface area contributed by atoms with Gasteiger partial charge in [-0.2, -0.15) is 0 Å². The summed E-state index contributed by atoms with van der Waals surface area (Å²) in [7, 11) is 0. The van der Waals surface area contributed by atoms with Crippen LogP contribution < -0.4 is 0 Å². The van der Waals surface area contributed by atoms with Gasteiger partial charge in [0.15, 0.2) is 5.82 Å². The van der Waals surface area contributed by atoms with Crippen molar-refractivity contribution in [3.8, 4) is 67.4 Å². The molecule has 3 nitrogen and oxygen atoms in total. The first kappa shape index (κ1) is 28.6. The van der Waals surface area contributed by atoms with Crippen molar-refractivity contribution >= 4 is 15.9 Å². The SMILES string of the molecule is Cc1cc(C)cc(-c2ccccc2-c2ccc(-c3ccc(-c4nc(-c5ccccc5)cc(-c5ccccc5)n4)cn3)cc2Br)c1. The van der Waals surface area contributed by atoms with Crippen LogP contribution in [0.5, 0.6) is 0 Å². The third kappa shape index (κ3) is 6.11. The highest BCUT2D eigenvalue weighted by Crippen LogP contribution is 2.38. The third-order valence-electron chi connectivity index (χ3n) is 7.90. The fraction of sp³-hybridized carbons (Fsp3) is 0.0488. The van der Waals surface area contributed by atoms with Crippen LogP contribution in [-0.4, -0.2) is 15.0 Å². The van der Waals surface area contributed by atoms with E-state index in [0.29, 0.717) is 5.82 Å². The van der Waals surface area contributed by atoms with E-state index in [1.807, 2.05) is 54.7 Å². The first-order chi connectivity index (χ1) is 22.0. The van der Waals surface area contributed by atoms with Crippen molar-refractivity contribution in [2.24, 2.45) is 0 Å². The Balaban J connectivity index is 1.22. The van der Waals surface area contributed by atoms with Gasteiger partial charge in [0.1, 0.15) is 0 Å². The van der Waals surface area contributed by atoms with E-state index < -0.39 is 0 Å². The van der Waals surface area contributed by atoms with E-state index in [1.165, 1.54) is 27.8 Å². The summed E-state index contributed by atoms with van der Waals surface area (Å²) >= 11 is 3.88. The number of hydrogen-bond acceptors (Lipinski definition) is 3. The second-order valence-corrected chi connectivity index (χ2v) is 12.1. The Hall–Kier alpha value is -5.19. The van der Waals surface area contributed by atoms with E-state index in [0.717, 1.165) is 49.4 Å². The van der Waals surface area contributed by atoms with Crippen LogP contribution in [0.1, 0.15) is 11.1 Å². The quantitative estimate of drug-likeness (QED) is 0.181. The number of aromatic nitrogens is 3. The highest BCUT2D eigenvalue weighted by atomic mass is 79.9. The Bertz CT molecular complexity index is 2040. The van der Waals surface area contributed by atoms with Crippen LogP contribution in [0, 0.1) is 13.8 Å². The van der Waals surface area contributed by atoms with Gasteiger partial charge >= 0.3 is 0 Å². The van der Waals surface area contributed by atoms with Crippen molar-refractivity contribution in [2.45, 2.75) is 13.8 Å². The zero-order chi connectivity index (χ0) is 30.8. The monoisotopic (exact) mass is 643 g/mol. The highest BCUT2D eigenvalue weighted by molar-refractivity contribution is 9.10. The van der Waals surface area contributed by atoms with Crippen LogP contribution in [0.3, 0.4) is 0 Å². The molecule has 0 atom stereocenters. The molecule has 5 aromatic carbocycles. The van der Waals surface area contributed by atoms with Crippen LogP contribution in [0.15, 0.2) is 150 Å². The van der Waals surface area contributed by atoms with Crippen molar-refractivity contribution in [1.29, 1.82) is 0 Å². The Labute approximate surface area is 272 Å². The summed E-state index contributed by atoms with van der Waals surface area (Å²) < 4.78 is 1.02. The molecule has 216 valence electrons. The molecule has 0 saturated heterocycles. The molecule has 0 saturated carbocycles. The molecule has 45 heavy (non-hydrogen) atoms. The zero-order valence-corrected chi connectivity index (χ0v) is 26.7. The average Bonchev–Trinajstić information content (AvgIpc) is 3.08. The fourth-order valence-electron chi connectivity index (χ4n) is 5.78. The summed E-state index contributed by atoms with van der Waals surface area (Å²) in [5.41, 5.74) is 13.9. The number of halogens is 1. The standard InChI is InChI=1S/C41H30BrN3/c1-27-21-28(2)23-33(22-27)34-15-9-10-16-35(34)36-19-17-31(24-37(36)42)38-20-18-32(26-43-38)41-44-39(29-11-5-3-6-12-29)25-40(45-41)30-13-7-4-8-14-30/h3-26H,1-2H3. The van der Waals surface area contributed by atoms with Crippen molar-refractivity contribution in [2.75, 3.05) is 0 Å². The van der Waals surface area contributed by atoms with Crippen molar-refractivity contribution in [3.63, 3.8) is 0 Å². The molecule has 0 aliphatic heterocycles. The van der Waals surface area contributed by atoms with Crippen LogP contribution >= 0.6 is 15.9 Å². The molecule has 7 rings (SSSR count). The van der Waals surface area contributed by atoms with E-state index in [4.69, 9.17) is 15.0 Å². The van der Waals surface area contributed by atoms with Gasteiger partial charge in [-0.3, -0.25) is 4.98 Å². The normalized spacial score (nSPS) is 11.0. The molecule has 0 spiro atoms. The molecular formula is C41H30BrN3. The summed E-state index contributed by atoms with van der Waals surface area (Å²) in [4.78, 5) is 14.8. The second-order valence-electron chi connectivity index (χ2n) is 11.2. The Morgan fingerprint density at radius 3 is 1.58 bits per heavy atom. The molecule has 0 aliphatic rings. The van der Waals surface area contributed by atoms with Gasteiger partial charge in [0.2, 0.25) is 0 Å². The summed E-state index contributed by atoms with van der Waals surface area (Å²) in [5, 5.41) is 0. The van der Waals surface area contributed by atoms with E-state index in [1.54, 1.807) is 0 Å². The van der Waals surface area contributed by atoms with Gasteiger partial charge in [0.25, 0.3) is 0 Å². The molecule has 2 aromatic heterocycles. The molecule has 7 aromatic rings. The van der Waals surface area contributed by atoms with Gasteiger partial charge in [-0.1, -0.05) is 142 Å². The Kier molecular flexibility index (Phi) is 7.89. The van der Waals surface area contributed by atoms with Crippen molar-refractivity contribution in [3.05, 3.63) is 161 Å². The van der Waals surface area contributed by atoms with Gasteiger partial charge < -0.3 is 0 Å². The summed E-state index contributed by atoms with van der Waals surface area (Å²) in [6.45, 7) is 4.30. The predicted octanol–water partition coefficient (Wildman–Crippen LogP) is 11.3. The molecule has 4 heteroatoms. The summed E-state index contributed by atoms with van der Waals surface area (Å²) in [6.07, 6.45) is 1.87. The lowest BCUT2D eigenvalue weighted by Gasteiger charge is -2.14. The Morgan fingerprint density at radius 1 is 0.422 bits per heavy atom. The Morgan fingerprint density at radius 2 is 1.00 bits per heavy atom. The second kappa shape index (κ2) is 12.4. The van der Waals surface area contributed by atoms with Crippen LogP contribution in [0.25, 0.3) is 67.4 Å². The lowest BCUT2D eigenvalue weighted by molar-refractivity contribution is 1.17. The molecule has 0 N–H and O–H groups in total. The maximum Gasteiger partial charge on any atom is 0.161 e. The average molecular weight is 645 g/mol. The van der Waals surface area contributed by atoms with E-state index in [-0.39, 0.29) is 0 Å². The molecule has 0 bridgehead atoms. The maximum absolute atomic E-state index is 4.95. The van der Waals surface area contributed by atoms with Crippen LogP contribution in [-0.2, 0) is 0 Å². The highest BCUT2D eigenvalue weighted by Gasteiger charge is 2.14. The van der Waals surface area contributed by atoms with Crippen LogP contribution in [0.4, 0.5) is 0 Å². The molecule has 0 amide bonds. The van der Waals surface area contributed by atoms with Crippen molar-refractivity contribution in [1.82, 2.24) is 15.0 Å². The molecule has 0 aliphatic carbocycles. The van der Waals surface area contributed by atoms with Crippen molar-refractivity contribution < 1.29 is 0 Å². The summed E-state index contributed by atoms with van der Waals surface area (Å²) in [5.74, 6) is 0.647. The fourth-order valence-corrected chi connectivity index (χ4v) is 6.37. The third-order valence-corrected chi connectivity index (χ3v) is 8.56. The lowest BCUT2D eigenvalue weighted by Crippen LogP contribution is -1.96. The molecule has 0 fully saturated rings. The number of rotatable bonds is 6. The lowest BCUT2D eigenvalue weighted by atomic mass is 9.92. The topological polar surface area (TPSA) is 38.7 Å². The predicted molar refractivity (Wildman–Crippen MR) is 190 cm³/mol. The number of hydrogen-bond donors (Lipinski definition) is 0. The number of pyridine rings is 1. The molecule has 2 heterocycles. The van der Waals surface area contributed by atoms with E-state index in [9.17, 15) is 0 Å². The minimum atomic E-state index is 0.647. The van der Waals surface area contributed by atoms with Gasteiger partial charge in [0, 0.05) is 32.9 Å². The first-order valence-corrected chi connectivity index (χ1v) is 15.8. The minimum absolute atomic E-state index is 0.647.